The molecule has 3 N–H and O–H groups in total. The summed E-state index contributed by atoms with van der Waals surface area (Å²) in [5.74, 6) is 1.75. The fourth-order valence-corrected chi connectivity index (χ4v) is 3.80. The lowest BCUT2D eigenvalue weighted by molar-refractivity contribution is -0.134. The number of aromatic amines is 1. The van der Waals surface area contributed by atoms with Gasteiger partial charge in [0.1, 0.15) is 5.82 Å². The topological polar surface area (TPSA) is 103 Å². The minimum Gasteiger partial charge on any atom is -0.353 e. The predicted molar refractivity (Wildman–Crippen MR) is 92.5 cm³/mol. The molecule has 25 heavy (non-hydrogen) atoms. The van der Waals surface area contributed by atoms with Crippen LogP contribution in [-0.2, 0) is 16.1 Å². The number of H-pyrrole nitrogens is 1. The Balaban J connectivity index is 1.52. The van der Waals surface area contributed by atoms with Crippen LogP contribution in [0.5, 0.6) is 0 Å². The van der Waals surface area contributed by atoms with E-state index in [1.165, 1.54) is 32.1 Å². The van der Waals surface area contributed by atoms with E-state index in [9.17, 15) is 9.59 Å². The third-order valence-electron chi connectivity index (χ3n) is 5.13. The van der Waals surface area contributed by atoms with Crippen LogP contribution in [0.4, 0.5) is 0 Å². The van der Waals surface area contributed by atoms with E-state index in [1.54, 1.807) is 0 Å². The van der Waals surface area contributed by atoms with E-state index in [0.29, 0.717) is 18.3 Å². The van der Waals surface area contributed by atoms with Crippen LogP contribution in [0.2, 0.25) is 0 Å². The zero-order valence-corrected chi connectivity index (χ0v) is 14.9. The molecule has 1 unspecified atom stereocenters. The standard InChI is InChI=1S/C17H28N6O2/c1-12-20-15(22-21-12)10-19-16(24)9-14-17(25)18-7-8-23(14)11-13-5-3-2-4-6-13/h13-14H,2-11H2,1H3,(H,18,25)(H,19,24)(H,20,21,22). The maximum atomic E-state index is 12.3. The Kier molecular flexibility index (Phi) is 6.01. The molecule has 0 bridgehead atoms. The summed E-state index contributed by atoms with van der Waals surface area (Å²) >= 11 is 0. The molecule has 2 amide bonds. The number of aromatic nitrogens is 3. The van der Waals surface area contributed by atoms with Gasteiger partial charge in [-0.25, -0.2) is 4.98 Å². The Hall–Kier alpha value is -1.96. The molecule has 1 saturated heterocycles. The van der Waals surface area contributed by atoms with Gasteiger partial charge in [0.25, 0.3) is 0 Å². The largest absolute Gasteiger partial charge is 0.353 e. The van der Waals surface area contributed by atoms with Crippen LogP contribution in [0.3, 0.4) is 0 Å². The summed E-state index contributed by atoms with van der Waals surface area (Å²) in [6, 6.07) is -0.371. The first-order valence-corrected chi connectivity index (χ1v) is 9.28. The average Bonchev–Trinajstić information content (AvgIpc) is 3.02. The van der Waals surface area contributed by atoms with Crippen molar-refractivity contribution in [1.29, 1.82) is 0 Å². The summed E-state index contributed by atoms with van der Waals surface area (Å²) in [6.45, 7) is 4.50. The van der Waals surface area contributed by atoms with Crippen molar-refractivity contribution >= 4 is 11.8 Å². The molecule has 3 rings (SSSR count). The Morgan fingerprint density at radius 2 is 2.12 bits per heavy atom. The van der Waals surface area contributed by atoms with E-state index < -0.39 is 0 Å². The smallest absolute Gasteiger partial charge is 0.237 e. The monoisotopic (exact) mass is 348 g/mol. The Morgan fingerprint density at radius 3 is 2.84 bits per heavy atom. The van der Waals surface area contributed by atoms with Gasteiger partial charge in [-0.1, -0.05) is 19.3 Å². The van der Waals surface area contributed by atoms with E-state index in [0.717, 1.165) is 18.9 Å². The molecule has 138 valence electrons. The molecule has 0 aromatic carbocycles. The fourth-order valence-electron chi connectivity index (χ4n) is 3.80. The molecule has 1 aliphatic carbocycles. The van der Waals surface area contributed by atoms with Gasteiger partial charge in [-0.2, -0.15) is 5.10 Å². The van der Waals surface area contributed by atoms with Crippen molar-refractivity contribution < 1.29 is 9.59 Å². The molecule has 1 aromatic rings. The molecule has 0 radical (unpaired) electrons. The molecule has 0 spiro atoms. The zero-order valence-electron chi connectivity index (χ0n) is 14.9. The third kappa shape index (κ3) is 5.01. The first kappa shape index (κ1) is 17.8. The second-order valence-electron chi connectivity index (χ2n) is 7.12. The lowest BCUT2D eigenvalue weighted by Crippen LogP contribution is -2.57. The van der Waals surface area contributed by atoms with E-state index in [-0.39, 0.29) is 30.8 Å². The molecule has 8 nitrogen and oxygen atoms in total. The van der Waals surface area contributed by atoms with Gasteiger partial charge in [0.05, 0.1) is 19.0 Å². The van der Waals surface area contributed by atoms with Crippen LogP contribution in [0, 0.1) is 12.8 Å². The third-order valence-corrected chi connectivity index (χ3v) is 5.13. The van der Waals surface area contributed by atoms with E-state index in [1.807, 2.05) is 6.92 Å². The van der Waals surface area contributed by atoms with E-state index in [2.05, 4.69) is 30.7 Å². The number of piperazine rings is 1. The fraction of sp³-hybridized carbons (Fsp3) is 0.765. The van der Waals surface area contributed by atoms with Gasteiger partial charge in [-0.05, 0) is 25.7 Å². The normalized spacial score (nSPS) is 22.6. The summed E-state index contributed by atoms with van der Waals surface area (Å²) in [5, 5.41) is 12.5. The molecule has 8 heteroatoms. The van der Waals surface area contributed by atoms with Gasteiger partial charge in [-0.3, -0.25) is 19.6 Å². The summed E-state index contributed by atoms with van der Waals surface area (Å²) in [6.07, 6.45) is 6.55. The first-order valence-electron chi connectivity index (χ1n) is 9.28. The molecular weight excluding hydrogens is 320 g/mol. The Morgan fingerprint density at radius 1 is 1.32 bits per heavy atom. The second kappa shape index (κ2) is 8.42. The SMILES string of the molecule is Cc1nc(CNC(=O)CC2C(=O)NCCN2CC2CCCCC2)n[nH]1. The quantitative estimate of drug-likeness (QED) is 0.695. The molecular formula is C17H28N6O2. The van der Waals surface area contributed by atoms with Crippen LogP contribution in [0.1, 0.15) is 50.2 Å². The summed E-state index contributed by atoms with van der Waals surface area (Å²) in [7, 11) is 0. The van der Waals surface area contributed by atoms with Crippen molar-refractivity contribution in [2.24, 2.45) is 5.92 Å². The van der Waals surface area contributed by atoms with Crippen LogP contribution in [0.25, 0.3) is 0 Å². The van der Waals surface area contributed by atoms with E-state index in [4.69, 9.17) is 0 Å². The minimum absolute atomic E-state index is 0.0362. The van der Waals surface area contributed by atoms with Gasteiger partial charge < -0.3 is 10.6 Å². The van der Waals surface area contributed by atoms with Crippen LogP contribution < -0.4 is 10.6 Å². The minimum atomic E-state index is -0.371. The molecule has 1 atom stereocenters. The predicted octanol–water partition coefficient (Wildman–Crippen LogP) is 0.500. The molecule has 2 aliphatic rings. The summed E-state index contributed by atoms with van der Waals surface area (Å²) in [5.41, 5.74) is 0. The number of aryl methyl sites for hydroxylation is 1. The number of rotatable bonds is 6. The summed E-state index contributed by atoms with van der Waals surface area (Å²) < 4.78 is 0. The van der Waals surface area contributed by atoms with Gasteiger partial charge in [0.2, 0.25) is 11.8 Å². The number of carbonyl (C=O) groups excluding carboxylic acids is 2. The van der Waals surface area contributed by atoms with Gasteiger partial charge in [-0.15, -0.1) is 0 Å². The number of hydrogen-bond donors (Lipinski definition) is 3. The highest BCUT2D eigenvalue weighted by atomic mass is 16.2. The highest BCUT2D eigenvalue weighted by Gasteiger charge is 2.33. The highest BCUT2D eigenvalue weighted by Crippen LogP contribution is 2.25. The lowest BCUT2D eigenvalue weighted by Gasteiger charge is -2.37. The highest BCUT2D eigenvalue weighted by molar-refractivity contribution is 5.88. The average molecular weight is 348 g/mol. The van der Waals surface area contributed by atoms with Crippen molar-refractivity contribution in [3.63, 3.8) is 0 Å². The Bertz CT molecular complexity index is 596. The number of nitrogens with one attached hydrogen (secondary N) is 3. The molecule has 2 heterocycles. The molecule has 2 fully saturated rings. The van der Waals surface area contributed by atoms with Gasteiger partial charge >= 0.3 is 0 Å². The maximum Gasteiger partial charge on any atom is 0.237 e. The van der Waals surface area contributed by atoms with Gasteiger partial charge in [0.15, 0.2) is 5.82 Å². The van der Waals surface area contributed by atoms with Crippen molar-refractivity contribution in [2.45, 2.75) is 58.0 Å². The molecule has 1 aliphatic heterocycles. The maximum absolute atomic E-state index is 12.3. The van der Waals surface area contributed by atoms with Crippen LogP contribution in [0.15, 0.2) is 0 Å². The van der Waals surface area contributed by atoms with Crippen LogP contribution >= 0.6 is 0 Å². The van der Waals surface area contributed by atoms with Crippen molar-refractivity contribution in [3.8, 4) is 0 Å². The lowest BCUT2D eigenvalue weighted by atomic mass is 9.88. The number of amides is 2. The Labute approximate surface area is 148 Å². The zero-order chi connectivity index (χ0) is 17.6. The molecule has 1 saturated carbocycles. The second-order valence-corrected chi connectivity index (χ2v) is 7.12. The number of nitrogens with zero attached hydrogens (tertiary/aromatic N) is 3. The van der Waals surface area contributed by atoms with Crippen molar-refractivity contribution in [2.75, 3.05) is 19.6 Å². The van der Waals surface area contributed by atoms with Crippen LogP contribution in [-0.4, -0.2) is 57.6 Å². The van der Waals surface area contributed by atoms with Gasteiger partial charge in [0, 0.05) is 19.6 Å². The first-order chi connectivity index (χ1) is 12.1. The van der Waals surface area contributed by atoms with E-state index >= 15 is 0 Å². The van der Waals surface area contributed by atoms with Crippen molar-refractivity contribution in [1.82, 2.24) is 30.7 Å². The summed E-state index contributed by atoms with van der Waals surface area (Å²) in [4.78, 5) is 31.0. The number of hydrogen-bond acceptors (Lipinski definition) is 5. The number of carbonyl (C=O) groups is 2. The van der Waals surface area contributed by atoms with Crippen molar-refractivity contribution in [3.05, 3.63) is 11.6 Å². The molecule has 1 aromatic heterocycles.